The zero-order valence-electron chi connectivity index (χ0n) is 17.9. The summed E-state index contributed by atoms with van der Waals surface area (Å²) in [6, 6.07) is 17.6. The van der Waals surface area contributed by atoms with Crippen LogP contribution in [0, 0.1) is 5.82 Å². The first-order valence-corrected chi connectivity index (χ1v) is 10.8. The third kappa shape index (κ3) is 3.95. The molecule has 2 aromatic heterocycles. The van der Waals surface area contributed by atoms with Crippen molar-refractivity contribution in [3.05, 3.63) is 90.0 Å². The monoisotopic (exact) mass is 443 g/mol. The molecule has 33 heavy (non-hydrogen) atoms. The van der Waals surface area contributed by atoms with Crippen molar-refractivity contribution in [3.8, 4) is 11.3 Å². The summed E-state index contributed by atoms with van der Waals surface area (Å²) in [4.78, 5) is 33.9. The molecule has 166 valence electrons. The summed E-state index contributed by atoms with van der Waals surface area (Å²) in [5.41, 5.74) is 2.78. The Hall–Kier alpha value is -4.07. The van der Waals surface area contributed by atoms with Crippen LogP contribution in [0.3, 0.4) is 0 Å². The largest absolute Gasteiger partial charge is 0.337 e. The number of fused-ring (bicyclic) bond motifs is 1. The fraction of sp³-hybridized carbons (Fsp3) is 0.200. The van der Waals surface area contributed by atoms with Gasteiger partial charge in [-0.3, -0.25) is 9.59 Å². The Morgan fingerprint density at radius 3 is 2.18 bits per heavy atom. The van der Waals surface area contributed by atoms with Gasteiger partial charge < -0.3 is 9.80 Å². The van der Waals surface area contributed by atoms with Crippen molar-refractivity contribution in [2.75, 3.05) is 26.2 Å². The average Bonchev–Trinajstić information content (AvgIpc) is 3.13. The average molecular weight is 443 g/mol. The minimum atomic E-state index is -0.536. The van der Waals surface area contributed by atoms with Crippen LogP contribution in [0.25, 0.3) is 16.9 Å². The Kier molecular flexibility index (Phi) is 5.56. The van der Waals surface area contributed by atoms with Gasteiger partial charge in [-0.05, 0) is 24.6 Å². The second kappa shape index (κ2) is 8.82. The number of carbonyl (C=O) groups excluding carboxylic acids is 2. The van der Waals surface area contributed by atoms with E-state index in [4.69, 9.17) is 0 Å². The second-order valence-electron chi connectivity index (χ2n) is 7.91. The number of hydrogen-bond donors (Lipinski definition) is 0. The Morgan fingerprint density at radius 1 is 0.788 bits per heavy atom. The zero-order chi connectivity index (χ0) is 22.8. The number of amides is 2. The smallest absolute Gasteiger partial charge is 0.259 e. The summed E-state index contributed by atoms with van der Waals surface area (Å²) in [5.74, 6) is -1.07. The van der Waals surface area contributed by atoms with Gasteiger partial charge in [0.1, 0.15) is 11.4 Å². The summed E-state index contributed by atoms with van der Waals surface area (Å²) < 4.78 is 15.7. The van der Waals surface area contributed by atoms with E-state index in [9.17, 15) is 14.0 Å². The lowest BCUT2D eigenvalue weighted by Gasteiger charge is -2.22. The summed E-state index contributed by atoms with van der Waals surface area (Å²) in [6.45, 7) is 1.65. The third-order valence-electron chi connectivity index (χ3n) is 5.88. The minimum absolute atomic E-state index is 0.0533. The number of rotatable bonds is 3. The fourth-order valence-electron chi connectivity index (χ4n) is 4.17. The van der Waals surface area contributed by atoms with Gasteiger partial charge in [0.05, 0.1) is 17.5 Å². The molecule has 0 saturated carbocycles. The minimum Gasteiger partial charge on any atom is -0.337 e. The second-order valence-corrected chi connectivity index (χ2v) is 7.91. The summed E-state index contributed by atoms with van der Waals surface area (Å²) in [5, 5.41) is 4.43. The molecule has 0 radical (unpaired) electrons. The van der Waals surface area contributed by atoms with E-state index in [1.807, 2.05) is 36.4 Å². The topological polar surface area (TPSA) is 70.8 Å². The van der Waals surface area contributed by atoms with E-state index in [1.165, 1.54) is 12.1 Å². The lowest BCUT2D eigenvalue weighted by atomic mass is 10.1. The summed E-state index contributed by atoms with van der Waals surface area (Å²) in [7, 11) is 0. The molecule has 0 aliphatic carbocycles. The molecular formula is C25H22FN5O2. The summed E-state index contributed by atoms with van der Waals surface area (Å²) >= 11 is 0. The van der Waals surface area contributed by atoms with Gasteiger partial charge in [0, 0.05) is 37.9 Å². The summed E-state index contributed by atoms with van der Waals surface area (Å²) in [6.07, 6.45) is 3.82. The first-order chi connectivity index (χ1) is 16.1. The fourth-order valence-corrected chi connectivity index (χ4v) is 4.17. The van der Waals surface area contributed by atoms with Gasteiger partial charge >= 0.3 is 0 Å². The van der Waals surface area contributed by atoms with Crippen LogP contribution in [0.4, 0.5) is 4.39 Å². The molecule has 8 heteroatoms. The molecule has 0 bridgehead atoms. The molecule has 0 atom stereocenters. The van der Waals surface area contributed by atoms with Crippen molar-refractivity contribution in [2.24, 2.45) is 0 Å². The van der Waals surface area contributed by atoms with Gasteiger partial charge in [0.25, 0.3) is 11.8 Å². The molecule has 0 N–H and O–H groups in total. The van der Waals surface area contributed by atoms with Gasteiger partial charge in [0.2, 0.25) is 0 Å². The maximum absolute atomic E-state index is 14.1. The van der Waals surface area contributed by atoms with E-state index in [0.717, 1.165) is 11.3 Å². The lowest BCUT2D eigenvalue weighted by molar-refractivity contribution is 0.0717. The number of hydrogen-bond acceptors (Lipinski definition) is 4. The first kappa shape index (κ1) is 20.8. The van der Waals surface area contributed by atoms with Gasteiger partial charge in [-0.15, -0.1) is 0 Å². The number of aromatic nitrogens is 3. The Bertz CT molecular complexity index is 1320. The molecule has 0 unspecified atom stereocenters. The molecule has 1 aliphatic heterocycles. The van der Waals surface area contributed by atoms with Crippen molar-refractivity contribution in [1.29, 1.82) is 0 Å². The molecule has 3 heterocycles. The Balaban J connectivity index is 1.36. The zero-order valence-corrected chi connectivity index (χ0v) is 17.9. The van der Waals surface area contributed by atoms with E-state index < -0.39 is 5.82 Å². The third-order valence-corrected chi connectivity index (χ3v) is 5.88. The maximum atomic E-state index is 14.1. The van der Waals surface area contributed by atoms with Gasteiger partial charge in [-0.25, -0.2) is 13.9 Å². The number of carbonyl (C=O) groups is 2. The highest BCUT2D eigenvalue weighted by atomic mass is 19.1. The van der Waals surface area contributed by atoms with Crippen molar-refractivity contribution in [1.82, 2.24) is 24.4 Å². The molecule has 0 spiro atoms. The van der Waals surface area contributed by atoms with Gasteiger partial charge in [-0.1, -0.05) is 42.5 Å². The van der Waals surface area contributed by atoms with Crippen molar-refractivity contribution < 1.29 is 14.0 Å². The van der Waals surface area contributed by atoms with Crippen LogP contribution in [0.1, 0.15) is 27.1 Å². The SMILES string of the molecule is O=C(c1ccccc1F)N1CCCN(C(=O)c2cnn3c(-c4ccccc4)ccnc23)CC1. The molecule has 2 aromatic carbocycles. The highest BCUT2D eigenvalue weighted by molar-refractivity contribution is 6.00. The molecule has 1 aliphatic rings. The van der Waals surface area contributed by atoms with Crippen LogP contribution in [0.2, 0.25) is 0 Å². The van der Waals surface area contributed by atoms with Gasteiger partial charge in [0.15, 0.2) is 5.65 Å². The highest BCUT2D eigenvalue weighted by Gasteiger charge is 2.27. The lowest BCUT2D eigenvalue weighted by Crippen LogP contribution is -2.37. The van der Waals surface area contributed by atoms with Gasteiger partial charge in [-0.2, -0.15) is 5.10 Å². The molecule has 1 fully saturated rings. The van der Waals surface area contributed by atoms with Crippen LogP contribution >= 0.6 is 0 Å². The molecule has 2 amide bonds. The van der Waals surface area contributed by atoms with Crippen LogP contribution in [-0.4, -0.2) is 62.4 Å². The van der Waals surface area contributed by atoms with E-state index >= 15 is 0 Å². The molecule has 4 aromatic rings. The number of benzene rings is 2. The van der Waals surface area contributed by atoms with Crippen LogP contribution < -0.4 is 0 Å². The standard InChI is InChI=1S/C25H22FN5O2/c26-21-10-5-4-9-19(21)24(32)29-13-6-14-30(16-15-29)25(33)20-17-28-31-22(11-12-27-23(20)31)18-7-2-1-3-8-18/h1-5,7-12,17H,6,13-16H2. The van der Waals surface area contributed by atoms with E-state index in [0.29, 0.717) is 43.8 Å². The number of halogens is 1. The Morgan fingerprint density at radius 2 is 1.45 bits per heavy atom. The number of nitrogens with zero attached hydrogens (tertiary/aromatic N) is 5. The molecule has 1 saturated heterocycles. The maximum Gasteiger partial charge on any atom is 0.259 e. The van der Waals surface area contributed by atoms with Crippen LogP contribution in [0.5, 0.6) is 0 Å². The molecule has 7 nitrogen and oxygen atoms in total. The van der Waals surface area contributed by atoms with Crippen molar-refractivity contribution in [2.45, 2.75) is 6.42 Å². The van der Waals surface area contributed by atoms with Crippen molar-refractivity contribution in [3.63, 3.8) is 0 Å². The quantitative estimate of drug-likeness (QED) is 0.486. The Labute approximate surface area is 190 Å². The predicted octanol–water partition coefficient (Wildman–Crippen LogP) is 3.52. The predicted molar refractivity (Wildman–Crippen MR) is 121 cm³/mol. The van der Waals surface area contributed by atoms with E-state index in [1.54, 1.807) is 38.8 Å². The first-order valence-electron chi connectivity index (χ1n) is 10.8. The van der Waals surface area contributed by atoms with E-state index in [-0.39, 0.29) is 17.4 Å². The molecule has 5 rings (SSSR count). The van der Waals surface area contributed by atoms with Crippen LogP contribution in [0.15, 0.2) is 73.1 Å². The normalized spacial score (nSPS) is 14.3. The van der Waals surface area contributed by atoms with Crippen molar-refractivity contribution >= 4 is 17.5 Å². The highest BCUT2D eigenvalue weighted by Crippen LogP contribution is 2.22. The van der Waals surface area contributed by atoms with Crippen LogP contribution in [-0.2, 0) is 0 Å². The van der Waals surface area contributed by atoms with E-state index in [2.05, 4.69) is 10.1 Å². The molecular weight excluding hydrogens is 421 g/mol.